The highest BCUT2D eigenvalue weighted by Crippen LogP contribution is 2.41. The summed E-state index contributed by atoms with van der Waals surface area (Å²) in [5.74, 6) is 0.361. The lowest BCUT2D eigenvalue weighted by atomic mass is 10.2. The number of rotatable bonds is 7. The average molecular weight is 336 g/mol. The topological polar surface area (TPSA) is 74.1 Å². The molecule has 1 saturated heterocycles. The highest BCUT2D eigenvalue weighted by atomic mass is 35.5. The van der Waals surface area contributed by atoms with Crippen LogP contribution in [0.25, 0.3) is 0 Å². The van der Waals surface area contributed by atoms with Crippen LogP contribution in [0, 0.1) is 10.1 Å². The molecular formula is C16H14ClNO5. The zero-order chi connectivity index (χ0) is 16.2. The molecule has 1 aliphatic rings. The second-order valence-electron chi connectivity index (χ2n) is 5.02. The zero-order valence-electron chi connectivity index (χ0n) is 12.1. The van der Waals surface area contributed by atoms with Crippen molar-refractivity contribution >= 4 is 17.3 Å². The van der Waals surface area contributed by atoms with Crippen LogP contribution in [-0.4, -0.2) is 24.2 Å². The Kier molecular flexibility index (Phi) is 4.64. The number of ether oxygens (including phenoxy) is 3. The van der Waals surface area contributed by atoms with Crippen LogP contribution in [-0.2, 0) is 11.3 Å². The van der Waals surface area contributed by atoms with Crippen molar-refractivity contribution in [1.82, 2.24) is 0 Å². The highest BCUT2D eigenvalue weighted by Gasteiger charge is 2.28. The standard InChI is InChI=1S/C16H14ClNO5/c17-15-13(22-8-11-4-2-1-3-5-11)6-7-14(16(15)18(19)20)23-10-12-9-21-12/h1-7,12H,8-10H2/t12-/m1/s1. The van der Waals surface area contributed by atoms with Gasteiger partial charge in [0, 0.05) is 0 Å². The van der Waals surface area contributed by atoms with Crippen molar-refractivity contribution in [1.29, 1.82) is 0 Å². The van der Waals surface area contributed by atoms with E-state index in [0.717, 1.165) is 5.56 Å². The van der Waals surface area contributed by atoms with Gasteiger partial charge in [-0.1, -0.05) is 41.9 Å². The van der Waals surface area contributed by atoms with Gasteiger partial charge in [0.2, 0.25) is 0 Å². The maximum Gasteiger partial charge on any atom is 0.333 e. The number of hydrogen-bond acceptors (Lipinski definition) is 5. The summed E-state index contributed by atoms with van der Waals surface area (Å²) in [6.07, 6.45) is 0.00221. The van der Waals surface area contributed by atoms with Gasteiger partial charge in [-0.2, -0.15) is 0 Å². The summed E-state index contributed by atoms with van der Waals surface area (Å²) >= 11 is 6.13. The molecule has 2 aromatic carbocycles. The van der Waals surface area contributed by atoms with Crippen LogP contribution in [0.4, 0.5) is 5.69 Å². The molecule has 0 bridgehead atoms. The molecule has 3 rings (SSSR count). The van der Waals surface area contributed by atoms with Crippen molar-refractivity contribution in [2.45, 2.75) is 12.7 Å². The van der Waals surface area contributed by atoms with Gasteiger partial charge in [0.1, 0.15) is 25.1 Å². The zero-order valence-corrected chi connectivity index (χ0v) is 12.9. The van der Waals surface area contributed by atoms with E-state index < -0.39 is 4.92 Å². The quantitative estimate of drug-likeness (QED) is 0.439. The van der Waals surface area contributed by atoms with Crippen molar-refractivity contribution in [3.05, 3.63) is 63.2 Å². The average Bonchev–Trinajstić information content (AvgIpc) is 3.37. The summed E-state index contributed by atoms with van der Waals surface area (Å²) in [5, 5.41) is 11.2. The van der Waals surface area contributed by atoms with Crippen LogP contribution >= 0.6 is 11.6 Å². The number of nitro groups is 1. The van der Waals surface area contributed by atoms with E-state index in [9.17, 15) is 10.1 Å². The van der Waals surface area contributed by atoms with E-state index in [1.54, 1.807) is 6.07 Å². The lowest BCUT2D eigenvalue weighted by molar-refractivity contribution is -0.385. The van der Waals surface area contributed by atoms with Gasteiger partial charge in [-0.05, 0) is 17.7 Å². The van der Waals surface area contributed by atoms with E-state index in [2.05, 4.69) is 0 Å². The summed E-state index contributed by atoms with van der Waals surface area (Å²) in [6, 6.07) is 12.5. The third-order valence-corrected chi connectivity index (χ3v) is 3.66. The largest absolute Gasteiger partial charge is 0.487 e. The number of nitrogens with zero attached hydrogens (tertiary/aromatic N) is 1. The number of nitro benzene ring substituents is 1. The first-order valence-corrected chi connectivity index (χ1v) is 7.41. The number of epoxide rings is 1. The van der Waals surface area contributed by atoms with E-state index in [0.29, 0.717) is 6.61 Å². The summed E-state index contributed by atoms with van der Waals surface area (Å²) in [7, 11) is 0. The number of benzene rings is 2. The Hall–Kier alpha value is -2.31. The van der Waals surface area contributed by atoms with E-state index >= 15 is 0 Å². The van der Waals surface area contributed by atoms with Crippen LogP contribution in [0.5, 0.6) is 11.5 Å². The SMILES string of the molecule is O=[N+]([O-])c1c(OC[C@H]2CO2)ccc(OCc2ccccc2)c1Cl. The smallest absolute Gasteiger partial charge is 0.333 e. The molecule has 120 valence electrons. The van der Waals surface area contributed by atoms with Crippen molar-refractivity contribution in [3.63, 3.8) is 0 Å². The first-order chi connectivity index (χ1) is 11.1. The van der Waals surface area contributed by atoms with E-state index in [-0.39, 0.29) is 41.5 Å². The minimum absolute atomic E-state index is 0.00221. The van der Waals surface area contributed by atoms with Crippen LogP contribution in [0.1, 0.15) is 5.56 Å². The molecule has 1 aliphatic heterocycles. The molecule has 2 aromatic rings. The Labute approximate surface area is 137 Å². The predicted octanol–water partition coefficient (Wildman–Crippen LogP) is 3.60. The van der Waals surface area contributed by atoms with Gasteiger partial charge in [0.15, 0.2) is 10.8 Å². The minimum atomic E-state index is -0.569. The first-order valence-electron chi connectivity index (χ1n) is 7.03. The van der Waals surface area contributed by atoms with Crippen LogP contribution in [0.2, 0.25) is 5.02 Å². The fourth-order valence-corrected chi connectivity index (χ4v) is 2.29. The maximum absolute atomic E-state index is 11.3. The molecular weight excluding hydrogens is 322 g/mol. The summed E-state index contributed by atoms with van der Waals surface area (Å²) in [6.45, 7) is 1.15. The van der Waals surface area contributed by atoms with Crippen molar-refractivity contribution < 1.29 is 19.1 Å². The summed E-state index contributed by atoms with van der Waals surface area (Å²) < 4.78 is 16.0. The van der Waals surface area contributed by atoms with Gasteiger partial charge in [0.25, 0.3) is 0 Å². The number of halogens is 1. The lowest BCUT2D eigenvalue weighted by Gasteiger charge is -2.11. The molecule has 0 radical (unpaired) electrons. The molecule has 0 saturated carbocycles. The van der Waals surface area contributed by atoms with Gasteiger partial charge >= 0.3 is 5.69 Å². The Balaban J connectivity index is 1.77. The molecule has 0 spiro atoms. The monoisotopic (exact) mass is 335 g/mol. The third kappa shape index (κ3) is 3.91. The van der Waals surface area contributed by atoms with Gasteiger partial charge in [-0.25, -0.2) is 0 Å². The molecule has 7 heteroatoms. The maximum atomic E-state index is 11.3. The predicted molar refractivity (Wildman–Crippen MR) is 84.1 cm³/mol. The van der Waals surface area contributed by atoms with Gasteiger partial charge in [-0.3, -0.25) is 10.1 Å². The molecule has 1 atom stereocenters. The Morgan fingerprint density at radius 2 is 1.87 bits per heavy atom. The molecule has 1 fully saturated rings. The van der Waals surface area contributed by atoms with Crippen LogP contribution in [0.3, 0.4) is 0 Å². The second-order valence-corrected chi connectivity index (χ2v) is 5.40. The van der Waals surface area contributed by atoms with Crippen molar-refractivity contribution in [2.75, 3.05) is 13.2 Å². The van der Waals surface area contributed by atoms with Gasteiger partial charge in [-0.15, -0.1) is 0 Å². The third-order valence-electron chi connectivity index (χ3n) is 3.29. The molecule has 0 amide bonds. The lowest BCUT2D eigenvalue weighted by Crippen LogP contribution is -2.06. The van der Waals surface area contributed by atoms with Crippen LogP contribution < -0.4 is 9.47 Å². The molecule has 23 heavy (non-hydrogen) atoms. The minimum Gasteiger partial charge on any atom is -0.487 e. The molecule has 6 nitrogen and oxygen atoms in total. The van der Waals surface area contributed by atoms with E-state index in [1.165, 1.54) is 6.07 Å². The Morgan fingerprint density at radius 3 is 2.52 bits per heavy atom. The highest BCUT2D eigenvalue weighted by molar-refractivity contribution is 6.34. The second kappa shape index (κ2) is 6.85. The fourth-order valence-electron chi connectivity index (χ4n) is 2.01. The molecule has 0 unspecified atom stereocenters. The fraction of sp³-hybridized carbons (Fsp3) is 0.250. The Bertz CT molecular complexity index is 703. The first kappa shape index (κ1) is 15.6. The van der Waals surface area contributed by atoms with Crippen molar-refractivity contribution in [3.8, 4) is 11.5 Å². The van der Waals surface area contributed by atoms with Gasteiger partial charge in [0.05, 0.1) is 11.5 Å². The molecule has 1 heterocycles. The van der Waals surface area contributed by atoms with Gasteiger partial charge < -0.3 is 14.2 Å². The number of hydrogen-bond donors (Lipinski definition) is 0. The molecule has 0 aliphatic carbocycles. The van der Waals surface area contributed by atoms with E-state index in [4.69, 9.17) is 25.8 Å². The summed E-state index contributed by atoms with van der Waals surface area (Å²) in [5.41, 5.74) is 0.648. The van der Waals surface area contributed by atoms with Crippen LogP contribution in [0.15, 0.2) is 42.5 Å². The molecule has 0 aromatic heterocycles. The molecule has 0 N–H and O–H groups in total. The van der Waals surface area contributed by atoms with E-state index in [1.807, 2.05) is 30.3 Å². The Morgan fingerprint density at radius 1 is 1.17 bits per heavy atom. The normalized spacial score (nSPS) is 16.0. The van der Waals surface area contributed by atoms with Crippen molar-refractivity contribution in [2.24, 2.45) is 0 Å². The summed E-state index contributed by atoms with van der Waals surface area (Å²) in [4.78, 5) is 10.7.